The summed E-state index contributed by atoms with van der Waals surface area (Å²) in [6.07, 6.45) is 5.36. The number of hydrogen-bond donors (Lipinski definition) is 0. The zero-order valence-corrected chi connectivity index (χ0v) is 16.5. The molecule has 0 N–H and O–H groups in total. The van der Waals surface area contributed by atoms with Crippen molar-refractivity contribution in [2.24, 2.45) is 5.92 Å². The van der Waals surface area contributed by atoms with Gasteiger partial charge in [0.2, 0.25) is 0 Å². The molecule has 3 atom stereocenters. The molecule has 2 aromatic rings. The lowest BCUT2D eigenvalue weighted by atomic mass is 9.90. The van der Waals surface area contributed by atoms with Crippen molar-refractivity contribution in [2.75, 3.05) is 6.16 Å². The van der Waals surface area contributed by atoms with Crippen LogP contribution in [0.1, 0.15) is 23.3 Å². The quantitative estimate of drug-likeness (QED) is 0.475. The molecule has 2 aliphatic heterocycles. The molecule has 0 saturated heterocycles. The van der Waals surface area contributed by atoms with Gasteiger partial charge in [-0.2, -0.15) is 0 Å². The van der Waals surface area contributed by atoms with Gasteiger partial charge in [0.25, 0.3) is 0 Å². The van der Waals surface area contributed by atoms with Crippen LogP contribution in [0.15, 0.2) is 78.1 Å². The molecule has 0 amide bonds. The van der Waals surface area contributed by atoms with Gasteiger partial charge in [-0.1, -0.05) is 60.7 Å². The molecule has 0 spiro atoms. The van der Waals surface area contributed by atoms with Gasteiger partial charge in [0.1, 0.15) is 5.78 Å². The molecule has 2 heterocycles. The van der Waals surface area contributed by atoms with E-state index in [-0.39, 0.29) is 11.7 Å². The summed E-state index contributed by atoms with van der Waals surface area (Å²) < 4.78 is 0. The smallest absolute Gasteiger partial charge is 0.140 e. The Morgan fingerprint density at radius 1 is 1.08 bits per heavy atom. The average Bonchev–Trinajstić information content (AvgIpc) is 2.98. The molecular weight excluding hydrogens is 363 g/mol. The van der Waals surface area contributed by atoms with E-state index in [2.05, 4.69) is 48.6 Å². The highest BCUT2D eigenvalue weighted by Gasteiger charge is 2.46. The number of Topliss-reactive ketones (excluding diaryl/α,β-unsaturated/α-hetero) is 1. The number of allylic oxidation sites excluding steroid dienone is 3. The molecule has 0 saturated carbocycles. The zero-order chi connectivity index (χ0) is 17.4. The van der Waals surface area contributed by atoms with Crippen LogP contribution in [-0.2, 0) is 17.0 Å². The van der Waals surface area contributed by atoms with Crippen molar-refractivity contribution in [3.8, 4) is 0 Å². The number of carbonyl (C=O) groups is 1. The van der Waals surface area contributed by atoms with E-state index in [9.17, 15) is 4.79 Å². The van der Waals surface area contributed by atoms with Crippen molar-refractivity contribution in [2.45, 2.75) is 12.2 Å². The van der Waals surface area contributed by atoms with E-state index in [4.69, 9.17) is 12.2 Å². The van der Waals surface area contributed by atoms with Crippen LogP contribution in [0, 0.1) is 5.92 Å². The third-order valence-corrected chi connectivity index (χ3v) is 12.4. The normalized spacial score (nSPS) is 28.1. The molecule has 126 valence electrons. The molecule has 0 radical (unpaired) electrons. The average molecular weight is 382 g/mol. The molecule has 1 nitrogen and oxygen atoms in total. The van der Waals surface area contributed by atoms with E-state index in [1.165, 1.54) is 10.9 Å². The maximum Gasteiger partial charge on any atom is 0.140 e. The highest BCUT2D eigenvalue weighted by Crippen LogP contribution is 2.84. The number of ketones is 1. The van der Waals surface area contributed by atoms with Crippen LogP contribution in [0.25, 0.3) is 5.57 Å². The minimum atomic E-state index is -1.75. The molecule has 2 aromatic carbocycles. The van der Waals surface area contributed by atoms with E-state index in [0.717, 1.165) is 17.3 Å². The molecule has 0 aromatic heterocycles. The van der Waals surface area contributed by atoms with Gasteiger partial charge in [-0.05, 0) is 41.4 Å². The Morgan fingerprint density at radius 2 is 1.72 bits per heavy atom. The number of benzene rings is 2. The standard InChI is InChI=1S/C21H19OPS2/c1-15(22)20-14-23(24)18(12-19(20)16-8-4-2-5-9-16)13-21(25-23)17-10-6-3-7-11-17/h2-13,20-21H,14H2,1H3. The molecule has 2 aliphatic rings. The first-order chi connectivity index (χ1) is 12.1. The van der Waals surface area contributed by atoms with Gasteiger partial charge < -0.3 is 12.2 Å². The van der Waals surface area contributed by atoms with Gasteiger partial charge >= 0.3 is 0 Å². The molecule has 4 heteroatoms. The van der Waals surface area contributed by atoms with Crippen LogP contribution in [0.4, 0.5) is 0 Å². The lowest BCUT2D eigenvalue weighted by Gasteiger charge is -2.36. The predicted octanol–water partition coefficient (Wildman–Crippen LogP) is 6.06. The van der Waals surface area contributed by atoms with E-state index in [1.54, 1.807) is 6.92 Å². The fraction of sp³-hybridized carbons (Fsp3) is 0.190. The van der Waals surface area contributed by atoms with Crippen LogP contribution >= 0.6 is 17.0 Å². The topological polar surface area (TPSA) is 17.1 Å². The Morgan fingerprint density at radius 3 is 2.36 bits per heavy atom. The largest absolute Gasteiger partial charge is 0.539 e. The van der Waals surface area contributed by atoms with E-state index >= 15 is 0 Å². The van der Waals surface area contributed by atoms with Gasteiger partial charge in [-0.25, -0.2) is 0 Å². The lowest BCUT2D eigenvalue weighted by Crippen LogP contribution is -2.21. The Bertz CT molecular complexity index is 860. The Balaban J connectivity index is 1.77. The van der Waals surface area contributed by atoms with Crippen LogP contribution in [0.3, 0.4) is 0 Å². The van der Waals surface area contributed by atoms with Crippen molar-refractivity contribution in [1.29, 1.82) is 0 Å². The molecule has 0 fully saturated rings. The molecule has 3 unspecified atom stereocenters. The van der Waals surface area contributed by atoms with E-state index in [1.807, 2.05) is 35.6 Å². The summed E-state index contributed by atoms with van der Waals surface area (Å²) >= 11 is 8.03. The van der Waals surface area contributed by atoms with Crippen molar-refractivity contribution in [3.05, 3.63) is 89.3 Å². The minimum absolute atomic E-state index is 0.0765. The Labute approximate surface area is 158 Å². The number of fused-ring (bicyclic) bond motifs is 1. The summed E-state index contributed by atoms with van der Waals surface area (Å²) in [6, 6.07) is 20.8. The fourth-order valence-electron chi connectivity index (χ4n) is 3.50. The molecule has 4 rings (SSSR count). The van der Waals surface area contributed by atoms with Gasteiger partial charge in [0.05, 0.1) is 22.6 Å². The van der Waals surface area contributed by atoms with Crippen molar-refractivity contribution >= 4 is 40.7 Å². The third-order valence-electron chi connectivity index (χ3n) is 4.83. The summed E-state index contributed by atoms with van der Waals surface area (Å²) in [6.45, 7) is 1.70. The Kier molecular flexibility index (Phi) is 4.66. The summed E-state index contributed by atoms with van der Waals surface area (Å²) in [5.74, 6) is 0.148. The van der Waals surface area contributed by atoms with Crippen LogP contribution in [0.2, 0.25) is 0 Å². The maximum atomic E-state index is 12.4. The van der Waals surface area contributed by atoms with Crippen molar-refractivity contribution < 1.29 is 4.79 Å². The van der Waals surface area contributed by atoms with Crippen LogP contribution in [0.5, 0.6) is 0 Å². The third kappa shape index (κ3) is 3.26. The van der Waals surface area contributed by atoms with Gasteiger partial charge in [0.15, 0.2) is 0 Å². The van der Waals surface area contributed by atoms with Crippen molar-refractivity contribution in [1.82, 2.24) is 0 Å². The number of hydrogen-bond acceptors (Lipinski definition) is 3. The highest BCUT2D eigenvalue weighted by atomic mass is 33.1. The predicted molar refractivity (Wildman–Crippen MR) is 113 cm³/mol. The monoisotopic (exact) mass is 382 g/mol. The first kappa shape index (κ1) is 17.1. The van der Waals surface area contributed by atoms with Crippen LogP contribution < -0.4 is 0 Å². The molecular formula is C21H19OPS2. The molecule has 0 bridgehead atoms. The second-order valence-corrected chi connectivity index (χ2v) is 14.5. The lowest BCUT2D eigenvalue weighted by molar-refractivity contribution is -0.118. The fourth-order valence-corrected chi connectivity index (χ4v) is 11.2. The summed E-state index contributed by atoms with van der Waals surface area (Å²) in [5, 5.41) is 1.60. The Hall–Kier alpha value is -1.28. The number of rotatable bonds is 3. The molecule has 0 aliphatic carbocycles. The minimum Gasteiger partial charge on any atom is -0.539 e. The van der Waals surface area contributed by atoms with Crippen molar-refractivity contribution in [3.63, 3.8) is 0 Å². The SMILES string of the molecule is CC(=O)C1C[P+]2([S-])SC(c3ccccc3)C=C2C=C1c1ccccc1. The van der Waals surface area contributed by atoms with Gasteiger partial charge in [-0.3, -0.25) is 4.79 Å². The summed E-state index contributed by atoms with van der Waals surface area (Å²) in [4.78, 5) is 12.4. The number of carbonyl (C=O) groups excluding carboxylic acids is 1. The van der Waals surface area contributed by atoms with E-state index in [0.29, 0.717) is 5.25 Å². The first-order valence-electron chi connectivity index (χ1n) is 8.39. The van der Waals surface area contributed by atoms with Gasteiger partial charge in [0, 0.05) is 11.4 Å². The highest BCUT2D eigenvalue weighted by molar-refractivity contribution is 8.87. The summed E-state index contributed by atoms with van der Waals surface area (Å²) in [5.41, 5.74) is 1.82. The second kappa shape index (κ2) is 6.79. The van der Waals surface area contributed by atoms with E-state index < -0.39 is 5.67 Å². The van der Waals surface area contributed by atoms with Crippen LogP contribution in [-0.4, -0.2) is 11.9 Å². The maximum absolute atomic E-state index is 12.4. The molecule has 25 heavy (non-hydrogen) atoms. The first-order valence-corrected chi connectivity index (χ1v) is 12.9. The van der Waals surface area contributed by atoms with Gasteiger partial charge in [-0.15, -0.1) is 0 Å². The summed E-state index contributed by atoms with van der Waals surface area (Å²) in [7, 11) is 0. The second-order valence-electron chi connectivity index (χ2n) is 6.51. The zero-order valence-electron chi connectivity index (χ0n) is 14.0.